The Kier molecular flexibility index (Phi) is 4.22. The number of nitrogens with one attached hydrogen (secondary N) is 1. The molecule has 0 aromatic carbocycles. The van der Waals surface area contributed by atoms with E-state index in [9.17, 15) is 4.79 Å². The number of thioether (sulfide) groups is 1. The van der Waals surface area contributed by atoms with Crippen molar-refractivity contribution in [1.82, 2.24) is 9.88 Å². The van der Waals surface area contributed by atoms with E-state index in [1.807, 2.05) is 36.4 Å². The number of anilines is 1. The minimum atomic E-state index is -0.00250. The molecule has 18 heavy (non-hydrogen) atoms. The van der Waals surface area contributed by atoms with Crippen LogP contribution in [0.4, 0.5) is 5.69 Å². The maximum atomic E-state index is 12.3. The third-order valence-electron chi connectivity index (χ3n) is 3.22. The van der Waals surface area contributed by atoms with Gasteiger partial charge in [-0.1, -0.05) is 0 Å². The lowest BCUT2D eigenvalue weighted by atomic mass is 10.1. The molecule has 0 aliphatic carbocycles. The van der Waals surface area contributed by atoms with Crippen molar-refractivity contribution in [3.05, 3.63) is 18.0 Å². The fourth-order valence-electron chi connectivity index (χ4n) is 2.21. The minimum Gasteiger partial charge on any atom is -0.397 e. The van der Waals surface area contributed by atoms with E-state index in [2.05, 4.69) is 5.32 Å². The predicted molar refractivity (Wildman–Crippen MR) is 77.0 cm³/mol. The molecule has 1 amide bonds. The summed E-state index contributed by atoms with van der Waals surface area (Å²) < 4.78 is 1.93. The van der Waals surface area contributed by atoms with E-state index in [-0.39, 0.29) is 11.9 Å². The van der Waals surface area contributed by atoms with Gasteiger partial charge in [-0.25, -0.2) is 0 Å². The van der Waals surface area contributed by atoms with Gasteiger partial charge in [-0.2, -0.15) is 11.8 Å². The number of rotatable bonds is 3. The number of aromatic nitrogens is 1. The maximum absolute atomic E-state index is 12.3. The number of amides is 1. The van der Waals surface area contributed by atoms with Crippen LogP contribution in [0.25, 0.3) is 0 Å². The first-order valence-corrected chi connectivity index (χ1v) is 7.59. The Balaban J connectivity index is 2.08. The van der Waals surface area contributed by atoms with Gasteiger partial charge in [-0.3, -0.25) is 4.79 Å². The number of nitrogens with zero attached hydrogens (tertiary/aromatic N) is 1. The third kappa shape index (κ3) is 3.02. The van der Waals surface area contributed by atoms with Crippen molar-refractivity contribution in [3.63, 3.8) is 0 Å². The van der Waals surface area contributed by atoms with Gasteiger partial charge >= 0.3 is 0 Å². The number of hydrogen-bond donors (Lipinski definition) is 2. The second kappa shape index (κ2) is 5.69. The fraction of sp³-hybridized carbons (Fsp3) is 0.615. The van der Waals surface area contributed by atoms with Crippen molar-refractivity contribution in [3.8, 4) is 0 Å². The second-order valence-corrected chi connectivity index (χ2v) is 6.24. The van der Waals surface area contributed by atoms with Crippen LogP contribution >= 0.6 is 11.8 Å². The van der Waals surface area contributed by atoms with Crippen molar-refractivity contribution >= 4 is 23.4 Å². The summed E-state index contributed by atoms with van der Waals surface area (Å²) in [4.78, 5) is 12.3. The van der Waals surface area contributed by atoms with Crippen LogP contribution in [0.1, 0.15) is 43.2 Å². The zero-order valence-electron chi connectivity index (χ0n) is 11.0. The highest BCUT2D eigenvalue weighted by atomic mass is 32.2. The van der Waals surface area contributed by atoms with E-state index in [4.69, 9.17) is 5.73 Å². The summed E-state index contributed by atoms with van der Waals surface area (Å²) in [7, 11) is 0. The Hall–Kier alpha value is -1.10. The highest BCUT2D eigenvalue weighted by Gasteiger charge is 2.20. The molecule has 1 fully saturated rings. The zero-order chi connectivity index (χ0) is 13.1. The normalized spacial score (nSPS) is 17.1. The molecule has 100 valence electrons. The molecule has 0 atom stereocenters. The van der Waals surface area contributed by atoms with Crippen molar-refractivity contribution in [2.24, 2.45) is 0 Å². The number of hydrogen-bond acceptors (Lipinski definition) is 3. The summed E-state index contributed by atoms with van der Waals surface area (Å²) in [5, 5.41) is 3.12. The molecule has 0 spiro atoms. The van der Waals surface area contributed by atoms with E-state index in [0.717, 1.165) is 24.3 Å². The van der Waals surface area contributed by atoms with Crippen LogP contribution < -0.4 is 11.1 Å². The number of carbonyl (C=O) groups is 1. The molecule has 0 unspecified atom stereocenters. The van der Waals surface area contributed by atoms with E-state index >= 15 is 0 Å². The highest BCUT2D eigenvalue weighted by Crippen LogP contribution is 2.19. The Morgan fingerprint density at radius 1 is 1.50 bits per heavy atom. The van der Waals surface area contributed by atoms with Gasteiger partial charge in [0.1, 0.15) is 5.69 Å². The standard InChI is InChI=1S/C13H21N3OS/c1-9(2)16-8-10(14)7-12(16)13(17)15-11-3-5-18-6-4-11/h7-9,11H,3-6,14H2,1-2H3,(H,15,17). The van der Waals surface area contributed by atoms with Crippen LogP contribution in [0, 0.1) is 0 Å². The summed E-state index contributed by atoms with van der Waals surface area (Å²) >= 11 is 1.96. The van der Waals surface area contributed by atoms with Crippen molar-refractivity contribution in [2.45, 2.75) is 38.8 Å². The average molecular weight is 267 g/mol. The quantitative estimate of drug-likeness (QED) is 0.883. The lowest BCUT2D eigenvalue weighted by Gasteiger charge is -2.23. The summed E-state index contributed by atoms with van der Waals surface area (Å²) in [6, 6.07) is 2.31. The predicted octanol–water partition coefficient (Wildman–Crippen LogP) is 2.28. The Morgan fingerprint density at radius 3 is 2.78 bits per heavy atom. The van der Waals surface area contributed by atoms with Crippen LogP contribution in [-0.2, 0) is 0 Å². The largest absolute Gasteiger partial charge is 0.397 e. The van der Waals surface area contributed by atoms with Crippen LogP contribution in [0.3, 0.4) is 0 Å². The Morgan fingerprint density at radius 2 is 2.17 bits per heavy atom. The zero-order valence-corrected chi connectivity index (χ0v) is 11.8. The molecule has 1 aromatic heterocycles. The molecular formula is C13H21N3OS. The molecule has 4 nitrogen and oxygen atoms in total. The maximum Gasteiger partial charge on any atom is 0.268 e. The van der Waals surface area contributed by atoms with E-state index < -0.39 is 0 Å². The first kappa shape index (κ1) is 13.3. The summed E-state index contributed by atoms with van der Waals surface area (Å²) in [5.74, 6) is 2.27. The average Bonchev–Trinajstić information content (AvgIpc) is 2.73. The van der Waals surface area contributed by atoms with Crippen molar-refractivity contribution in [2.75, 3.05) is 17.2 Å². The Bertz CT molecular complexity index is 422. The van der Waals surface area contributed by atoms with Gasteiger partial charge in [-0.05, 0) is 44.3 Å². The number of nitrogen functional groups attached to an aromatic ring is 1. The fourth-order valence-corrected chi connectivity index (χ4v) is 3.32. The lowest BCUT2D eigenvalue weighted by Crippen LogP contribution is -2.38. The molecular weight excluding hydrogens is 246 g/mol. The van der Waals surface area contributed by atoms with Gasteiger partial charge in [0.15, 0.2) is 0 Å². The first-order chi connectivity index (χ1) is 8.58. The first-order valence-electron chi connectivity index (χ1n) is 6.44. The molecule has 3 N–H and O–H groups in total. The molecule has 0 radical (unpaired) electrons. The van der Waals surface area contributed by atoms with Crippen LogP contribution in [0.2, 0.25) is 0 Å². The number of nitrogens with two attached hydrogens (primary N) is 1. The summed E-state index contributed by atoms with van der Waals surface area (Å²) in [6.45, 7) is 4.10. The smallest absolute Gasteiger partial charge is 0.268 e. The van der Waals surface area contributed by atoms with Crippen molar-refractivity contribution < 1.29 is 4.79 Å². The SMILES string of the molecule is CC(C)n1cc(N)cc1C(=O)NC1CCSCC1. The Labute approximate surface area is 112 Å². The van der Waals surface area contributed by atoms with Gasteiger partial charge in [-0.15, -0.1) is 0 Å². The second-order valence-electron chi connectivity index (χ2n) is 5.02. The number of carbonyl (C=O) groups excluding carboxylic acids is 1. The van der Waals surface area contributed by atoms with Gasteiger partial charge in [0.05, 0.1) is 5.69 Å². The van der Waals surface area contributed by atoms with Gasteiger partial charge in [0.25, 0.3) is 5.91 Å². The van der Waals surface area contributed by atoms with Crippen LogP contribution in [0.15, 0.2) is 12.3 Å². The van der Waals surface area contributed by atoms with Crippen molar-refractivity contribution in [1.29, 1.82) is 0 Å². The molecule has 1 aliphatic rings. The lowest BCUT2D eigenvalue weighted by molar-refractivity contribution is 0.0924. The van der Waals surface area contributed by atoms with Gasteiger partial charge in [0, 0.05) is 18.3 Å². The van der Waals surface area contributed by atoms with Crippen LogP contribution in [0.5, 0.6) is 0 Å². The monoisotopic (exact) mass is 267 g/mol. The molecule has 1 saturated heterocycles. The van der Waals surface area contributed by atoms with Gasteiger partial charge < -0.3 is 15.6 Å². The van der Waals surface area contributed by atoms with E-state index in [1.54, 1.807) is 6.07 Å². The highest BCUT2D eigenvalue weighted by molar-refractivity contribution is 7.99. The van der Waals surface area contributed by atoms with E-state index in [1.165, 1.54) is 0 Å². The molecule has 5 heteroatoms. The van der Waals surface area contributed by atoms with Gasteiger partial charge in [0.2, 0.25) is 0 Å². The molecule has 0 saturated carbocycles. The molecule has 2 heterocycles. The molecule has 1 aromatic rings. The molecule has 0 bridgehead atoms. The van der Waals surface area contributed by atoms with Crippen LogP contribution in [-0.4, -0.2) is 28.0 Å². The summed E-state index contributed by atoms with van der Waals surface area (Å²) in [5.41, 5.74) is 7.10. The third-order valence-corrected chi connectivity index (χ3v) is 4.26. The summed E-state index contributed by atoms with van der Waals surface area (Å²) in [6.07, 6.45) is 3.96. The topological polar surface area (TPSA) is 60.0 Å². The van der Waals surface area contributed by atoms with E-state index in [0.29, 0.717) is 17.4 Å². The molecule has 1 aliphatic heterocycles. The minimum absolute atomic E-state index is 0.00250. The molecule has 2 rings (SSSR count).